The minimum absolute atomic E-state index is 0.533. The van der Waals surface area contributed by atoms with Gasteiger partial charge in [-0.2, -0.15) is 4.98 Å². The van der Waals surface area contributed by atoms with Crippen LogP contribution in [0.1, 0.15) is 0 Å². The molecule has 17 heavy (non-hydrogen) atoms. The summed E-state index contributed by atoms with van der Waals surface area (Å²) in [5, 5.41) is 0.894. The van der Waals surface area contributed by atoms with Gasteiger partial charge in [-0.1, -0.05) is 12.1 Å². The molecule has 3 rings (SSSR count). The third-order valence-electron chi connectivity index (χ3n) is 2.50. The fourth-order valence-electron chi connectivity index (χ4n) is 1.72. The number of furan rings is 1. The van der Waals surface area contributed by atoms with Gasteiger partial charge in [-0.25, -0.2) is 4.98 Å². The molecule has 1 aromatic carbocycles. The summed E-state index contributed by atoms with van der Waals surface area (Å²) in [5.74, 6) is 1.72. The van der Waals surface area contributed by atoms with E-state index in [1.54, 1.807) is 19.4 Å². The SMILES string of the molecule is COc1nc(-c2ccco2)nc2ccccc12. The topological polar surface area (TPSA) is 48.2 Å². The fraction of sp³-hybridized carbons (Fsp3) is 0.0769. The second-order valence-electron chi connectivity index (χ2n) is 3.55. The van der Waals surface area contributed by atoms with E-state index in [2.05, 4.69) is 9.97 Å². The monoisotopic (exact) mass is 226 g/mol. The smallest absolute Gasteiger partial charge is 0.224 e. The summed E-state index contributed by atoms with van der Waals surface area (Å²) in [6, 6.07) is 11.3. The lowest BCUT2D eigenvalue weighted by atomic mass is 10.2. The number of hydrogen-bond donors (Lipinski definition) is 0. The van der Waals surface area contributed by atoms with Gasteiger partial charge in [0, 0.05) is 0 Å². The lowest BCUT2D eigenvalue weighted by Crippen LogP contribution is -1.95. The Balaban J connectivity index is 2.28. The number of fused-ring (bicyclic) bond motifs is 1. The van der Waals surface area contributed by atoms with E-state index in [4.69, 9.17) is 9.15 Å². The van der Waals surface area contributed by atoms with Crippen LogP contribution in [-0.2, 0) is 0 Å². The number of rotatable bonds is 2. The van der Waals surface area contributed by atoms with Crippen LogP contribution in [0.15, 0.2) is 47.1 Å². The summed E-state index contributed by atoms with van der Waals surface area (Å²) >= 11 is 0. The molecule has 0 unspecified atom stereocenters. The average molecular weight is 226 g/mol. The highest BCUT2D eigenvalue weighted by molar-refractivity contribution is 5.84. The first-order valence-electron chi connectivity index (χ1n) is 5.23. The molecular weight excluding hydrogens is 216 g/mol. The van der Waals surface area contributed by atoms with E-state index in [1.807, 2.05) is 30.3 Å². The largest absolute Gasteiger partial charge is 0.480 e. The first-order chi connectivity index (χ1) is 8.38. The molecule has 0 radical (unpaired) electrons. The van der Waals surface area contributed by atoms with Gasteiger partial charge >= 0.3 is 0 Å². The molecule has 0 aliphatic carbocycles. The summed E-state index contributed by atoms with van der Waals surface area (Å²) in [7, 11) is 1.60. The minimum atomic E-state index is 0.533. The van der Waals surface area contributed by atoms with Gasteiger partial charge in [-0.05, 0) is 24.3 Å². The quantitative estimate of drug-likeness (QED) is 0.674. The molecule has 4 nitrogen and oxygen atoms in total. The third-order valence-corrected chi connectivity index (χ3v) is 2.50. The molecule has 0 bridgehead atoms. The van der Waals surface area contributed by atoms with E-state index in [-0.39, 0.29) is 0 Å². The molecule has 0 atom stereocenters. The van der Waals surface area contributed by atoms with Gasteiger partial charge in [0.1, 0.15) is 0 Å². The van der Waals surface area contributed by atoms with Gasteiger partial charge in [0.05, 0.1) is 24.3 Å². The highest BCUT2D eigenvalue weighted by Crippen LogP contribution is 2.26. The van der Waals surface area contributed by atoms with E-state index in [1.165, 1.54) is 0 Å². The van der Waals surface area contributed by atoms with E-state index >= 15 is 0 Å². The molecule has 0 amide bonds. The molecule has 84 valence electrons. The lowest BCUT2D eigenvalue weighted by molar-refractivity contribution is 0.402. The Morgan fingerprint density at radius 1 is 1.06 bits per heavy atom. The second kappa shape index (κ2) is 3.90. The van der Waals surface area contributed by atoms with Crippen molar-refractivity contribution in [3.63, 3.8) is 0 Å². The predicted molar refractivity (Wildman–Crippen MR) is 63.8 cm³/mol. The predicted octanol–water partition coefficient (Wildman–Crippen LogP) is 2.90. The van der Waals surface area contributed by atoms with Crippen molar-refractivity contribution in [1.82, 2.24) is 9.97 Å². The van der Waals surface area contributed by atoms with Crippen molar-refractivity contribution in [2.45, 2.75) is 0 Å². The van der Waals surface area contributed by atoms with E-state index < -0.39 is 0 Å². The maximum atomic E-state index is 5.29. The zero-order valence-electron chi connectivity index (χ0n) is 9.25. The Kier molecular flexibility index (Phi) is 2.26. The summed E-state index contributed by atoms with van der Waals surface area (Å²) in [6.07, 6.45) is 1.60. The molecule has 0 saturated heterocycles. The van der Waals surface area contributed by atoms with Crippen molar-refractivity contribution in [2.75, 3.05) is 7.11 Å². The van der Waals surface area contributed by atoms with Crippen LogP contribution in [0.5, 0.6) is 5.88 Å². The van der Waals surface area contributed by atoms with Gasteiger partial charge in [0.15, 0.2) is 11.6 Å². The Morgan fingerprint density at radius 3 is 2.71 bits per heavy atom. The molecule has 0 aliphatic rings. The molecule has 0 N–H and O–H groups in total. The standard InChI is InChI=1S/C13H10N2O2/c1-16-13-9-5-2-3-6-10(9)14-12(15-13)11-7-4-8-17-11/h2-8H,1H3. The fourth-order valence-corrected chi connectivity index (χ4v) is 1.72. The Morgan fingerprint density at radius 2 is 1.94 bits per heavy atom. The maximum absolute atomic E-state index is 5.29. The molecular formula is C13H10N2O2. The first-order valence-corrected chi connectivity index (χ1v) is 5.23. The summed E-state index contributed by atoms with van der Waals surface area (Å²) < 4.78 is 10.6. The Bertz CT molecular complexity index is 648. The van der Waals surface area contributed by atoms with Gasteiger partial charge < -0.3 is 9.15 Å². The van der Waals surface area contributed by atoms with E-state index in [9.17, 15) is 0 Å². The maximum Gasteiger partial charge on any atom is 0.224 e. The van der Waals surface area contributed by atoms with Crippen LogP contribution in [0.25, 0.3) is 22.5 Å². The van der Waals surface area contributed by atoms with Crippen molar-refractivity contribution in [3.05, 3.63) is 42.7 Å². The number of nitrogens with zero attached hydrogens (tertiary/aromatic N) is 2. The summed E-state index contributed by atoms with van der Waals surface area (Å²) in [4.78, 5) is 8.78. The van der Waals surface area contributed by atoms with Crippen molar-refractivity contribution >= 4 is 10.9 Å². The van der Waals surface area contributed by atoms with Crippen molar-refractivity contribution in [2.24, 2.45) is 0 Å². The molecule has 0 aliphatic heterocycles. The first kappa shape index (κ1) is 9.84. The number of hydrogen-bond acceptors (Lipinski definition) is 4. The molecule has 2 aromatic heterocycles. The molecule has 2 heterocycles. The van der Waals surface area contributed by atoms with Crippen molar-refractivity contribution < 1.29 is 9.15 Å². The summed E-state index contributed by atoms with van der Waals surface area (Å²) in [5.41, 5.74) is 0.839. The normalized spacial score (nSPS) is 10.6. The van der Waals surface area contributed by atoms with Crippen LogP contribution in [-0.4, -0.2) is 17.1 Å². The van der Waals surface area contributed by atoms with Crippen molar-refractivity contribution in [1.29, 1.82) is 0 Å². The Hall–Kier alpha value is -2.36. The van der Waals surface area contributed by atoms with Crippen LogP contribution >= 0.6 is 0 Å². The van der Waals surface area contributed by atoms with Gasteiger partial charge in [0.2, 0.25) is 5.88 Å². The second-order valence-corrected chi connectivity index (χ2v) is 3.55. The molecule has 0 spiro atoms. The zero-order chi connectivity index (χ0) is 11.7. The van der Waals surface area contributed by atoms with E-state index in [0.29, 0.717) is 17.5 Å². The van der Waals surface area contributed by atoms with E-state index in [0.717, 1.165) is 10.9 Å². The summed E-state index contributed by atoms with van der Waals surface area (Å²) in [6.45, 7) is 0. The molecule has 4 heteroatoms. The minimum Gasteiger partial charge on any atom is -0.480 e. The van der Waals surface area contributed by atoms with Gasteiger partial charge in [-0.15, -0.1) is 0 Å². The number of para-hydroxylation sites is 1. The van der Waals surface area contributed by atoms with Crippen molar-refractivity contribution in [3.8, 4) is 17.5 Å². The van der Waals surface area contributed by atoms with Crippen LogP contribution in [0, 0.1) is 0 Å². The van der Waals surface area contributed by atoms with Crippen LogP contribution < -0.4 is 4.74 Å². The highest BCUT2D eigenvalue weighted by Gasteiger charge is 2.10. The Labute approximate surface area is 97.9 Å². The number of benzene rings is 1. The molecule has 0 fully saturated rings. The zero-order valence-corrected chi connectivity index (χ0v) is 9.25. The lowest BCUT2D eigenvalue weighted by Gasteiger charge is -2.05. The number of aromatic nitrogens is 2. The molecule has 3 aromatic rings. The van der Waals surface area contributed by atoms with Crippen LogP contribution in [0.2, 0.25) is 0 Å². The van der Waals surface area contributed by atoms with Gasteiger partial charge in [-0.3, -0.25) is 0 Å². The average Bonchev–Trinajstić information content (AvgIpc) is 2.91. The molecule has 0 saturated carbocycles. The van der Waals surface area contributed by atoms with Gasteiger partial charge in [0.25, 0.3) is 0 Å². The highest BCUT2D eigenvalue weighted by atomic mass is 16.5. The number of methoxy groups -OCH3 is 1. The van der Waals surface area contributed by atoms with Crippen LogP contribution in [0.3, 0.4) is 0 Å². The number of ether oxygens (including phenoxy) is 1. The van der Waals surface area contributed by atoms with Crippen LogP contribution in [0.4, 0.5) is 0 Å². The third kappa shape index (κ3) is 1.63.